The van der Waals surface area contributed by atoms with Gasteiger partial charge in [-0.1, -0.05) is 44.4 Å². The predicted octanol–water partition coefficient (Wildman–Crippen LogP) is 3.58. The van der Waals surface area contributed by atoms with Gasteiger partial charge < -0.3 is 15.3 Å². The standard InChI is InChI=1S/C17H27ClN2O/c1-13(2)19-11-14-6-7-15(10-16(14)18)20(3)12-17(21)8-4-5-9-17/h6-7,10,13,19,21H,4-5,8-9,11-12H2,1-3H3. The van der Waals surface area contributed by atoms with Crippen molar-refractivity contribution in [1.82, 2.24) is 5.32 Å². The minimum absolute atomic E-state index is 0.444. The van der Waals surface area contributed by atoms with E-state index in [0.29, 0.717) is 12.6 Å². The molecule has 1 fully saturated rings. The molecule has 2 N–H and O–H groups in total. The lowest BCUT2D eigenvalue weighted by Crippen LogP contribution is -2.39. The average Bonchev–Trinajstić information content (AvgIpc) is 2.83. The summed E-state index contributed by atoms with van der Waals surface area (Å²) in [6.07, 6.45) is 4.07. The first-order valence-electron chi connectivity index (χ1n) is 7.85. The molecule has 1 aliphatic rings. The molecule has 1 aromatic rings. The first-order chi connectivity index (χ1) is 9.89. The van der Waals surface area contributed by atoms with Crippen LogP contribution >= 0.6 is 11.6 Å². The van der Waals surface area contributed by atoms with Gasteiger partial charge in [0.25, 0.3) is 0 Å². The first-order valence-corrected chi connectivity index (χ1v) is 8.23. The first kappa shape index (κ1) is 16.6. The van der Waals surface area contributed by atoms with Crippen molar-refractivity contribution < 1.29 is 5.11 Å². The van der Waals surface area contributed by atoms with Crippen LogP contribution in [-0.4, -0.2) is 30.3 Å². The summed E-state index contributed by atoms with van der Waals surface area (Å²) in [6, 6.07) is 6.60. The maximum Gasteiger partial charge on any atom is 0.0821 e. The third-order valence-corrected chi connectivity index (χ3v) is 4.60. The van der Waals surface area contributed by atoms with E-state index in [9.17, 15) is 5.11 Å². The highest BCUT2D eigenvalue weighted by molar-refractivity contribution is 6.31. The number of aliphatic hydroxyl groups is 1. The van der Waals surface area contributed by atoms with E-state index >= 15 is 0 Å². The Morgan fingerprint density at radius 1 is 1.33 bits per heavy atom. The van der Waals surface area contributed by atoms with Crippen LogP contribution < -0.4 is 10.2 Å². The summed E-state index contributed by atoms with van der Waals surface area (Å²) in [5.41, 5.74) is 1.65. The van der Waals surface area contributed by atoms with Gasteiger partial charge in [-0.3, -0.25) is 0 Å². The van der Waals surface area contributed by atoms with Gasteiger partial charge in [-0.15, -0.1) is 0 Å². The normalized spacial score (nSPS) is 17.4. The molecular formula is C17H27ClN2O. The van der Waals surface area contributed by atoms with Crippen molar-refractivity contribution in [1.29, 1.82) is 0 Å². The molecule has 3 nitrogen and oxygen atoms in total. The van der Waals surface area contributed by atoms with Crippen molar-refractivity contribution in [3.63, 3.8) is 0 Å². The van der Waals surface area contributed by atoms with Crippen molar-refractivity contribution in [2.24, 2.45) is 0 Å². The third-order valence-electron chi connectivity index (χ3n) is 4.24. The van der Waals surface area contributed by atoms with Gasteiger partial charge in [-0.05, 0) is 30.5 Å². The lowest BCUT2D eigenvalue weighted by Gasteiger charge is -2.30. The van der Waals surface area contributed by atoms with Crippen LogP contribution in [0.15, 0.2) is 18.2 Å². The van der Waals surface area contributed by atoms with Crippen LogP contribution in [-0.2, 0) is 6.54 Å². The highest BCUT2D eigenvalue weighted by Crippen LogP contribution is 2.32. The van der Waals surface area contributed by atoms with E-state index in [0.717, 1.165) is 48.5 Å². The molecular weight excluding hydrogens is 284 g/mol. The van der Waals surface area contributed by atoms with E-state index in [2.05, 4.69) is 36.2 Å². The van der Waals surface area contributed by atoms with Gasteiger partial charge in [0.15, 0.2) is 0 Å². The largest absolute Gasteiger partial charge is 0.388 e. The fourth-order valence-corrected chi connectivity index (χ4v) is 3.20. The number of halogens is 1. The van der Waals surface area contributed by atoms with Gasteiger partial charge in [0.1, 0.15) is 0 Å². The fraction of sp³-hybridized carbons (Fsp3) is 0.647. The second-order valence-corrected chi connectivity index (χ2v) is 7.01. The van der Waals surface area contributed by atoms with Crippen LogP contribution in [0.4, 0.5) is 5.69 Å². The van der Waals surface area contributed by atoms with Crippen molar-refractivity contribution in [2.45, 2.75) is 57.7 Å². The zero-order chi connectivity index (χ0) is 15.5. The molecule has 0 unspecified atom stereocenters. The molecule has 1 saturated carbocycles. The Morgan fingerprint density at radius 3 is 2.57 bits per heavy atom. The summed E-state index contributed by atoms with van der Waals surface area (Å²) in [7, 11) is 2.02. The molecule has 0 spiro atoms. The van der Waals surface area contributed by atoms with E-state index in [4.69, 9.17) is 11.6 Å². The van der Waals surface area contributed by atoms with Crippen molar-refractivity contribution in [3.05, 3.63) is 28.8 Å². The third kappa shape index (κ3) is 4.60. The number of nitrogens with zero attached hydrogens (tertiary/aromatic N) is 1. The van der Waals surface area contributed by atoms with E-state index in [1.807, 2.05) is 13.1 Å². The quantitative estimate of drug-likeness (QED) is 0.843. The molecule has 0 aromatic heterocycles. The highest BCUT2D eigenvalue weighted by Gasteiger charge is 2.32. The van der Waals surface area contributed by atoms with Gasteiger partial charge in [0, 0.05) is 36.9 Å². The van der Waals surface area contributed by atoms with Gasteiger partial charge >= 0.3 is 0 Å². The summed E-state index contributed by atoms with van der Waals surface area (Å²) >= 11 is 6.38. The lowest BCUT2D eigenvalue weighted by molar-refractivity contribution is 0.0559. The number of hydrogen-bond acceptors (Lipinski definition) is 3. The predicted molar refractivity (Wildman–Crippen MR) is 90.1 cm³/mol. The van der Waals surface area contributed by atoms with Crippen LogP contribution in [0.1, 0.15) is 45.1 Å². The molecule has 0 atom stereocenters. The Kier molecular flexibility index (Phi) is 5.53. The van der Waals surface area contributed by atoms with Gasteiger partial charge in [0.05, 0.1) is 5.60 Å². The van der Waals surface area contributed by atoms with Crippen molar-refractivity contribution in [3.8, 4) is 0 Å². The molecule has 0 radical (unpaired) electrons. The van der Waals surface area contributed by atoms with Crippen LogP contribution in [0.2, 0.25) is 5.02 Å². The lowest BCUT2D eigenvalue weighted by atomic mass is 10.0. The number of nitrogens with one attached hydrogen (secondary N) is 1. The molecule has 21 heavy (non-hydrogen) atoms. The second-order valence-electron chi connectivity index (χ2n) is 6.60. The molecule has 0 heterocycles. The molecule has 0 bridgehead atoms. The van der Waals surface area contributed by atoms with E-state index < -0.39 is 5.60 Å². The summed E-state index contributed by atoms with van der Waals surface area (Å²) in [5.74, 6) is 0. The topological polar surface area (TPSA) is 35.5 Å². The molecule has 1 aromatic carbocycles. The summed E-state index contributed by atoms with van der Waals surface area (Å²) in [5, 5.41) is 14.7. The molecule has 1 aliphatic carbocycles. The Hall–Kier alpha value is -0.770. The number of hydrogen-bond donors (Lipinski definition) is 2. The van der Waals surface area contributed by atoms with Crippen LogP contribution in [0.3, 0.4) is 0 Å². The monoisotopic (exact) mass is 310 g/mol. The zero-order valence-corrected chi connectivity index (χ0v) is 14.1. The van der Waals surface area contributed by atoms with Gasteiger partial charge in [-0.2, -0.15) is 0 Å². The van der Waals surface area contributed by atoms with Crippen LogP contribution in [0, 0.1) is 0 Å². The van der Waals surface area contributed by atoms with Crippen molar-refractivity contribution in [2.75, 3.05) is 18.5 Å². The second kappa shape index (κ2) is 6.99. The van der Waals surface area contributed by atoms with E-state index in [1.165, 1.54) is 0 Å². The highest BCUT2D eigenvalue weighted by atomic mass is 35.5. The van der Waals surface area contributed by atoms with Crippen LogP contribution in [0.5, 0.6) is 0 Å². The summed E-state index contributed by atoms with van der Waals surface area (Å²) in [4.78, 5) is 2.11. The van der Waals surface area contributed by atoms with E-state index in [-0.39, 0.29) is 0 Å². The van der Waals surface area contributed by atoms with Crippen LogP contribution in [0.25, 0.3) is 0 Å². The Labute approximate surface area is 133 Å². The number of anilines is 1. The smallest absolute Gasteiger partial charge is 0.0821 e. The zero-order valence-electron chi connectivity index (χ0n) is 13.3. The minimum atomic E-state index is -0.529. The molecule has 0 amide bonds. The average molecular weight is 311 g/mol. The Bertz CT molecular complexity index is 470. The molecule has 2 rings (SSSR count). The number of rotatable bonds is 6. The van der Waals surface area contributed by atoms with Gasteiger partial charge in [-0.25, -0.2) is 0 Å². The fourth-order valence-electron chi connectivity index (χ4n) is 2.96. The minimum Gasteiger partial charge on any atom is -0.388 e. The summed E-state index contributed by atoms with van der Waals surface area (Å²) < 4.78 is 0. The maximum atomic E-state index is 10.5. The molecule has 118 valence electrons. The number of benzene rings is 1. The molecule has 4 heteroatoms. The molecule has 0 saturated heterocycles. The van der Waals surface area contributed by atoms with E-state index in [1.54, 1.807) is 0 Å². The van der Waals surface area contributed by atoms with Gasteiger partial charge in [0.2, 0.25) is 0 Å². The summed E-state index contributed by atoms with van der Waals surface area (Å²) in [6.45, 7) is 5.70. The SMILES string of the molecule is CC(C)NCc1ccc(N(C)CC2(O)CCCC2)cc1Cl. The molecule has 0 aliphatic heterocycles. The maximum absolute atomic E-state index is 10.5. The Morgan fingerprint density at radius 2 is 2.00 bits per heavy atom. The number of likely N-dealkylation sites (N-methyl/N-ethyl adjacent to an activating group) is 1. The van der Waals surface area contributed by atoms with Crippen molar-refractivity contribution >= 4 is 17.3 Å². The Balaban J connectivity index is 2.01.